The van der Waals surface area contributed by atoms with Crippen LogP contribution in [-0.2, 0) is 18.9 Å². The van der Waals surface area contributed by atoms with E-state index in [1.54, 1.807) is 0 Å². The molecule has 6 nitrogen and oxygen atoms in total. The molecule has 0 aromatic heterocycles. The molecule has 0 aromatic rings. The first kappa shape index (κ1) is 28.8. The van der Waals surface area contributed by atoms with Crippen LogP contribution < -0.4 is 5.32 Å². The smallest absolute Gasteiger partial charge is 0.0628 e. The maximum Gasteiger partial charge on any atom is 0.0628 e. The van der Waals surface area contributed by atoms with Gasteiger partial charge in [-0.05, 0) is 105 Å². The Labute approximate surface area is 221 Å². The monoisotopic (exact) mass is 508 g/mol. The molecule has 4 rings (SSSR count). The topological polar surface area (TPSA) is 52.2 Å². The highest BCUT2D eigenvalue weighted by atomic mass is 16.5. The third-order valence-corrected chi connectivity index (χ3v) is 9.72. The molecule has 0 aromatic carbocycles. The summed E-state index contributed by atoms with van der Waals surface area (Å²) in [4.78, 5) is 2.59. The van der Waals surface area contributed by atoms with Crippen LogP contribution in [0.5, 0.6) is 0 Å². The predicted octanol–water partition coefficient (Wildman–Crippen LogP) is 5.32. The fourth-order valence-electron chi connectivity index (χ4n) is 6.28. The molecule has 0 radical (unpaired) electrons. The largest absolute Gasteiger partial charge is 0.375 e. The van der Waals surface area contributed by atoms with Gasteiger partial charge in [-0.25, -0.2) is 0 Å². The Bertz CT molecular complexity index is 660. The first-order valence-corrected chi connectivity index (χ1v) is 15.1. The molecular weight excluding hydrogens is 452 g/mol. The van der Waals surface area contributed by atoms with Gasteiger partial charge in [-0.15, -0.1) is 0 Å². The molecule has 4 fully saturated rings. The summed E-state index contributed by atoms with van der Waals surface area (Å²) in [6.07, 6.45) is 12.5. The van der Waals surface area contributed by atoms with E-state index in [0.717, 1.165) is 84.0 Å². The van der Waals surface area contributed by atoms with Crippen LogP contribution in [0.25, 0.3) is 0 Å². The summed E-state index contributed by atoms with van der Waals surface area (Å²) >= 11 is 0. The van der Waals surface area contributed by atoms with Crippen molar-refractivity contribution in [3.8, 4) is 0 Å². The van der Waals surface area contributed by atoms with E-state index in [-0.39, 0.29) is 23.2 Å². The quantitative estimate of drug-likeness (QED) is 0.431. The summed E-state index contributed by atoms with van der Waals surface area (Å²) in [6, 6.07) is 0. The molecule has 2 saturated carbocycles. The summed E-state index contributed by atoms with van der Waals surface area (Å²) in [5.41, 5.74) is 0.224. The molecule has 1 N–H and O–H groups in total. The Morgan fingerprint density at radius 2 is 1.11 bits per heavy atom. The lowest BCUT2D eigenvalue weighted by molar-refractivity contribution is -0.182. The lowest BCUT2D eigenvalue weighted by atomic mass is 9.81. The molecule has 2 aliphatic heterocycles. The average Bonchev–Trinajstić information content (AvgIpc) is 3.24. The lowest BCUT2D eigenvalue weighted by Gasteiger charge is -2.44. The van der Waals surface area contributed by atoms with E-state index in [1.807, 2.05) is 0 Å². The standard InChI is InChI=1S/C30H56N2O4/c1-21(30(6,7)22(2)34-27-19-28(20-27)36-23-10-14-31-15-11-23)33-25-8-9-26(18-25)35-24-12-16-32(17-13-24)29(3,4)5/h21-28,31H,8-20H2,1-7H3/t21-,22-,25?,26?,27?,28?/m0/s1. The Kier molecular flexibility index (Phi) is 9.82. The Morgan fingerprint density at radius 3 is 1.72 bits per heavy atom. The molecule has 2 aliphatic carbocycles. The number of piperidine rings is 2. The fraction of sp³-hybridized carbons (Fsp3) is 1.00. The van der Waals surface area contributed by atoms with Crippen LogP contribution in [-0.4, -0.2) is 85.4 Å². The van der Waals surface area contributed by atoms with Gasteiger partial charge in [0.05, 0.1) is 48.8 Å². The molecule has 6 heteroatoms. The van der Waals surface area contributed by atoms with E-state index in [9.17, 15) is 0 Å². The van der Waals surface area contributed by atoms with Gasteiger partial charge >= 0.3 is 0 Å². The van der Waals surface area contributed by atoms with Crippen molar-refractivity contribution in [2.24, 2.45) is 5.41 Å². The minimum absolute atomic E-state index is 0.0420. The average molecular weight is 509 g/mol. The second-order valence-corrected chi connectivity index (χ2v) is 13.7. The molecule has 0 spiro atoms. The van der Waals surface area contributed by atoms with E-state index in [1.165, 1.54) is 0 Å². The highest BCUT2D eigenvalue weighted by molar-refractivity contribution is 4.90. The number of hydrogen-bond donors (Lipinski definition) is 1. The number of likely N-dealkylation sites (tertiary alicyclic amines) is 1. The van der Waals surface area contributed by atoms with Gasteiger partial charge in [0.1, 0.15) is 0 Å². The van der Waals surface area contributed by atoms with E-state index in [4.69, 9.17) is 18.9 Å². The van der Waals surface area contributed by atoms with Crippen molar-refractivity contribution < 1.29 is 18.9 Å². The number of nitrogens with zero attached hydrogens (tertiary/aromatic N) is 1. The van der Waals surface area contributed by atoms with Crippen molar-refractivity contribution in [3.63, 3.8) is 0 Å². The summed E-state index contributed by atoms with van der Waals surface area (Å²) in [5.74, 6) is 0. The highest BCUT2D eigenvalue weighted by Crippen LogP contribution is 2.38. The van der Waals surface area contributed by atoms with Crippen LogP contribution in [0.4, 0.5) is 0 Å². The molecule has 0 amide bonds. The lowest BCUT2D eigenvalue weighted by Crippen LogP contribution is -2.48. The second-order valence-electron chi connectivity index (χ2n) is 13.7. The van der Waals surface area contributed by atoms with E-state index < -0.39 is 0 Å². The van der Waals surface area contributed by atoms with Crippen LogP contribution in [0.3, 0.4) is 0 Å². The first-order valence-electron chi connectivity index (χ1n) is 15.1. The van der Waals surface area contributed by atoms with Gasteiger partial charge in [0.2, 0.25) is 0 Å². The van der Waals surface area contributed by atoms with Gasteiger partial charge in [0.25, 0.3) is 0 Å². The third-order valence-electron chi connectivity index (χ3n) is 9.72. The van der Waals surface area contributed by atoms with Crippen molar-refractivity contribution in [3.05, 3.63) is 0 Å². The number of ether oxygens (including phenoxy) is 4. The maximum atomic E-state index is 6.63. The van der Waals surface area contributed by atoms with Crippen LogP contribution >= 0.6 is 0 Å². The van der Waals surface area contributed by atoms with Crippen LogP contribution in [0.1, 0.15) is 106 Å². The summed E-state index contributed by atoms with van der Waals surface area (Å²) in [7, 11) is 0. The molecule has 36 heavy (non-hydrogen) atoms. The zero-order valence-electron chi connectivity index (χ0n) is 24.4. The first-order chi connectivity index (χ1) is 17.0. The van der Waals surface area contributed by atoms with E-state index in [2.05, 4.69) is 58.7 Å². The number of hydrogen-bond acceptors (Lipinski definition) is 6. The van der Waals surface area contributed by atoms with Crippen molar-refractivity contribution in [1.29, 1.82) is 0 Å². The van der Waals surface area contributed by atoms with Crippen LogP contribution in [0.2, 0.25) is 0 Å². The highest BCUT2D eigenvalue weighted by Gasteiger charge is 2.41. The van der Waals surface area contributed by atoms with Crippen molar-refractivity contribution in [2.75, 3.05) is 26.2 Å². The Hall–Kier alpha value is -0.240. The molecule has 2 unspecified atom stereocenters. The molecule has 210 valence electrons. The zero-order valence-corrected chi connectivity index (χ0v) is 24.4. The van der Waals surface area contributed by atoms with Gasteiger partial charge < -0.3 is 24.3 Å². The molecule has 4 atom stereocenters. The molecule has 2 saturated heterocycles. The summed E-state index contributed by atoms with van der Waals surface area (Å²) in [6.45, 7) is 20.5. The Morgan fingerprint density at radius 1 is 0.611 bits per heavy atom. The minimum atomic E-state index is -0.0420. The van der Waals surface area contributed by atoms with E-state index in [0.29, 0.717) is 36.6 Å². The molecule has 2 heterocycles. The van der Waals surface area contributed by atoms with Gasteiger partial charge in [-0.3, -0.25) is 4.90 Å². The van der Waals surface area contributed by atoms with Gasteiger partial charge in [-0.2, -0.15) is 0 Å². The predicted molar refractivity (Wildman–Crippen MR) is 146 cm³/mol. The minimum Gasteiger partial charge on any atom is -0.375 e. The van der Waals surface area contributed by atoms with Gasteiger partial charge in [0, 0.05) is 24.0 Å². The normalized spacial score (nSPS) is 33.4. The maximum absolute atomic E-state index is 6.63. The number of nitrogens with one attached hydrogen (secondary N) is 1. The summed E-state index contributed by atoms with van der Waals surface area (Å²) in [5, 5.41) is 3.41. The van der Waals surface area contributed by atoms with E-state index >= 15 is 0 Å². The van der Waals surface area contributed by atoms with Crippen molar-refractivity contribution in [1.82, 2.24) is 10.2 Å². The van der Waals surface area contributed by atoms with Crippen molar-refractivity contribution in [2.45, 2.75) is 161 Å². The molecular formula is C30H56N2O4. The van der Waals surface area contributed by atoms with Crippen LogP contribution in [0.15, 0.2) is 0 Å². The fourth-order valence-corrected chi connectivity index (χ4v) is 6.28. The second kappa shape index (κ2) is 12.3. The Balaban J connectivity index is 1.13. The molecule has 0 bridgehead atoms. The molecule has 4 aliphatic rings. The SMILES string of the molecule is C[C@H](OC1CCC(OC2CCN(C(C)(C)C)CC2)C1)C(C)(C)[C@H](C)OC1CC(OC2CCNCC2)C1. The zero-order chi connectivity index (χ0) is 25.9. The number of rotatable bonds is 10. The summed E-state index contributed by atoms with van der Waals surface area (Å²) < 4.78 is 26.0. The van der Waals surface area contributed by atoms with Gasteiger partial charge in [-0.1, -0.05) is 13.8 Å². The van der Waals surface area contributed by atoms with Crippen molar-refractivity contribution >= 4 is 0 Å². The third kappa shape index (κ3) is 7.66. The van der Waals surface area contributed by atoms with Crippen LogP contribution in [0, 0.1) is 5.41 Å². The van der Waals surface area contributed by atoms with Gasteiger partial charge in [0.15, 0.2) is 0 Å².